The molecule has 3 aromatic rings. The number of fused-ring (bicyclic) bond motifs is 2. The lowest BCUT2D eigenvalue weighted by Crippen LogP contribution is -2.56. The van der Waals surface area contributed by atoms with Gasteiger partial charge >= 0.3 is 0 Å². The molecule has 0 radical (unpaired) electrons. The molecule has 5 rings (SSSR count). The van der Waals surface area contributed by atoms with Crippen molar-refractivity contribution in [2.24, 2.45) is 0 Å². The summed E-state index contributed by atoms with van der Waals surface area (Å²) in [7, 11) is 0. The van der Waals surface area contributed by atoms with Gasteiger partial charge in [0, 0.05) is 42.6 Å². The zero-order valence-electron chi connectivity index (χ0n) is 16.9. The number of amides is 1. The van der Waals surface area contributed by atoms with Gasteiger partial charge in [0.15, 0.2) is 0 Å². The summed E-state index contributed by atoms with van der Waals surface area (Å²) in [6, 6.07) is 6.40. The maximum atomic E-state index is 13.9. The van der Waals surface area contributed by atoms with E-state index in [1.54, 1.807) is 0 Å². The Labute approximate surface area is 173 Å². The Balaban J connectivity index is 1.43. The molecule has 2 aliphatic heterocycles. The van der Waals surface area contributed by atoms with Gasteiger partial charge in [0.2, 0.25) is 5.95 Å². The van der Waals surface area contributed by atoms with E-state index >= 15 is 0 Å². The monoisotopic (exact) mass is 407 g/mol. The van der Waals surface area contributed by atoms with E-state index in [2.05, 4.69) is 25.1 Å². The number of likely N-dealkylation sites (tertiary alicyclic amines) is 1. The van der Waals surface area contributed by atoms with Crippen LogP contribution in [0.4, 0.5) is 10.3 Å². The first-order valence-corrected chi connectivity index (χ1v) is 10.1. The van der Waals surface area contributed by atoms with Crippen LogP contribution in [-0.2, 0) is 0 Å². The highest BCUT2D eigenvalue weighted by atomic mass is 19.1. The summed E-state index contributed by atoms with van der Waals surface area (Å²) in [4.78, 5) is 28.0. The number of rotatable bonds is 3. The average molecular weight is 407 g/mol. The minimum absolute atomic E-state index is 0.139. The van der Waals surface area contributed by atoms with Gasteiger partial charge in [-0.1, -0.05) is 0 Å². The van der Waals surface area contributed by atoms with E-state index in [9.17, 15) is 9.18 Å². The summed E-state index contributed by atoms with van der Waals surface area (Å²) in [5.74, 6) is 0.172. The third kappa shape index (κ3) is 3.20. The highest BCUT2D eigenvalue weighted by molar-refractivity contribution is 5.98. The Morgan fingerprint density at radius 1 is 1.00 bits per heavy atom. The van der Waals surface area contributed by atoms with Crippen LogP contribution in [0.25, 0.3) is 5.69 Å². The molecule has 1 amide bonds. The topological polar surface area (TPSA) is 80.0 Å². The minimum Gasteiger partial charge on any atom is -0.334 e. The summed E-state index contributed by atoms with van der Waals surface area (Å²) in [5.41, 5.74) is 2.62. The largest absolute Gasteiger partial charge is 0.334 e. The fourth-order valence-electron chi connectivity index (χ4n) is 4.58. The van der Waals surface area contributed by atoms with Crippen LogP contribution in [0.1, 0.15) is 34.6 Å². The van der Waals surface area contributed by atoms with E-state index < -0.39 is 5.82 Å². The molecule has 154 valence electrons. The first-order valence-electron chi connectivity index (χ1n) is 10.1. The Bertz CT molecular complexity index is 1070. The fraction of sp³-hybridized carbons (Fsp3) is 0.381. The average Bonchev–Trinajstić information content (AvgIpc) is 3.33. The molecule has 2 atom stereocenters. The maximum absolute atomic E-state index is 13.9. The van der Waals surface area contributed by atoms with Crippen LogP contribution >= 0.6 is 0 Å². The van der Waals surface area contributed by atoms with Crippen molar-refractivity contribution in [1.82, 2.24) is 29.9 Å². The summed E-state index contributed by atoms with van der Waals surface area (Å²) < 4.78 is 13.9. The molecule has 2 bridgehead atoms. The predicted octanol–water partition coefficient (Wildman–Crippen LogP) is 2.31. The highest BCUT2D eigenvalue weighted by Gasteiger charge is 2.43. The van der Waals surface area contributed by atoms with Crippen molar-refractivity contribution in [1.29, 1.82) is 0 Å². The molecule has 2 aromatic heterocycles. The lowest BCUT2D eigenvalue weighted by Gasteiger charge is -2.41. The number of aryl methyl sites for hydroxylation is 2. The van der Waals surface area contributed by atoms with Crippen LogP contribution in [0, 0.1) is 19.7 Å². The van der Waals surface area contributed by atoms with E-state index in [1.165, 1.54) is 35.4 Å². The lowest BCUT2D eigenvalue weighted by atomic mass is 10.1. The molecular weight excluding hydrogens is 385 g/mol. The summed E-state index contributed by atoms with van der Waals surface area (Å²) in [5, 5.41) is 8.14. The number of piperazine rings is 1. The van der Waals surface area contributed by atoms with Gasteiger partial charge in [-0.3, -0.25) is 4.79 Å². The number of anilines is 1. The SMILES string of the molecule is Cc1cc(C)nc(N2C3CCC2CN(C(=O)c2ccc(F)cc2-n2nccn2)C3)n1. The van der Waals surface area contributed by atoms with Gasteiger partial charge in [-0.2, -0.15) is 15.0 Å². The molecule has 30 heavy (non-hydrogen) atoms. The van der Waals surface area contributed by atoms with Crippen LogP contribution in [0.15, 0.2) is 36.7 Å². The quantitative estimate of drug-likeness (QED) is 0.663. The van der Waals surface area contributed by atoms with Crippen LogP contribution in [-0.4, -0.2) is 60.9 Å². The molecule has 0 N–H and O–H groups in total. The Morgan fingerprint density at radius 2 is 1.63 bits per heavy atom. The highest BCUT2D eigenvalue weighted by Crippen LogP contribution is 2.34. The second kappa shape index (κ2) is 7.16. The van der Waals surface area contributed by atoms with E-state index in [-0.39, 0.29) is 18.0 Å². The molecule has 0 saturated carbocycles. The third-order valence-corrected chi connectivity index (χ3v) is 5.80. The van der Waals surface area contributed by atoms with Crippen LogP contribution < -0.4 is 4.90 Å². The zero-order chi connectivity index (χ0) is 20.8. The Kier molecular flexibility index (Phi) is 4.45. The Hall–Kier alpha value is -3.36. The Morgan fingerprint density at radius 3 is 2.27 bits per heavy atom. The molecule has 2 unspecified atom stereocenters. The van der Waals surface area contributed by atoms with E-state index in [4.69, 9.17) is 0 Å². The normalized spacial score (nSPS) is 20.6. The predicted molar refractivity (Wildman–Crippen MR) is 108 cm³/mol. The number of nitrogens with zero attached hydrogens (tertiary/aromatic N) is 7. The zero-order valence-corrected chi connectivity index (χ0v) is 16.9. The first kappa shape index (κ1) is 18.7. The van der Waals surface area contributed by atoms with Crippen molar-refractivity contribution in [2.75, 3.05) is 18.0 Å². The number of halogens is 1. The van der Waals surface area contributed by atoms with Gasteiger partial charge < -0.3 is 9.80 Å². The third-order valence-electron chi connectivity index (χ3n) is 5.80. The van der Waals surface area contributed by atoms with Crippen molar-refractivity contribution < 1.29 is 9.18 Å². The molecule has 1 aromatic carbocycles. The molecule has 2 saturated heterocycles. The number of benzene rings is 1. The molecule has 0 aliphatic carbocycles. The van der Waals surface area contributed by atoms with Crippen LogP contribution in [0.3, 0.4) is 0 Å². The summed E-state index contributed by atoms with van der Waals surface area (Å²) in [6.45, 7) is 5.10. The molecule has 2 aliphatic rings. The first-order chi connectivity index (χ1) is 14.5. The summed E-state index contributed by atoms with van der Waals surface area (Å²) >= 11 is 0. The molecular formula is C21H22FN7O. The smallest absolute Gasteiger partial charge is 0.256 e. The number of carbonyl (C=O) groups excluding carboxylic acids is 1. The van der Waals surface area contributed by atoms with E-state index in [1.807, 2.05) is 24.8 Å². The van der Waals surface area contributed by atoms with E-state index in [0.29, 0.717) is 24.3 Å². The molecule has 9 heteroatoms. The van der Waals surface area contributed by atoms with Gasteiger partial charge in [-0.25, -0.2) is 14.4 Å². The van der Waals surface area contributed by atoms with Crippen LogP contribution in [0.2, 0.25) is 0 Å². The molecule has 8 nitrogen and oxygen atoms in total. The number of hydrogen-bond acceptors (Lipinski definition) is 6. The van der Waals surface area contributed by atoms with Crippen LogP contribution in [0.5, 0.6) is 0 Å². The van der Waals surface area contributed by atoms with Crippen molar-refractivity contribution in [3.8, 4) is 5.69 Å². The lowest BCUT2D eigenvalue weighted by molar-refractivity contribution is 0.0716. The van der Waals surface area contributed by atoms with Crippen molar-refractivity contribution in [3.05, 3.63) is 59.4 Å². The molecule has 2 fully saturated rings. The second-order valence-corrected chi connectivity index (χ2v) is 7.93. The summed E-state index contributed by atoms with van der Waals surface area (Å²) in [6.07, 6.45) is 4.98. The number of hydrogen-bond donors (Lipinski definition) is 0. The minimum atomic E-state index is -0.435. The molecule has 0 spiro atoms. The van der Waals surface area contributed by atoms with Crippen molar-refractivity contribution >= 4 is 11.9 Å². The van der Waals surface area contributed by atoms with Crippen molar-refractivity contribution in [3.63, 3.8) is 0 Å². The van der Waals surface area contributed by atoms with Gasteiger partial charge in [0.1, 0.15) is 11.5 Å². The number of aromatic nitrogens is 5. The fourth-order valence-corrected chi connectivity index (χ4v) is 4.58. The maximum Gasteiger partial charge on any atom is 0.256 e. The standard InChI is InChI=1S/C21H22FN7O/c1-13-9-14(2)26-21(25-13)28-16-4-5-17(28)12-27(11-16)20(30)18-6-3-15(22)10-19(18)29-23-7-8-24-29/h3,6-10,16-17H,4-5,11-12H2,1-2H3. The molecule has 4 heterocycles. The number of carbonyl (C=O) groups is 1. The van der Waals surface area contributed by atoms with Crippen molar-refractivity contribution in [2.45, 2.75) is 38.8 Å². The second-order valence-electron chi connectivity index (χ2n) is 7.93. The van der Waals surface area contributed by atoms with Gasteiger partial charge in [-0.15, -0.1) is 0 Å². The van der Waals surface area contributed by atoms with Gasteiger partial charge in [-0.05, 0) is 44.9 Å². The van der Waals surface area contributed by atoms with E-state index in [0.717, 1.165) is 30.2 Å². The van der Waals surface area contributed by atoms with Gasteiger partial charge in [0.05, 0.1) is 18.0 Å². The van der Waals surface area contributed by atoms with Gasteiger partial charge in [0.25, 0.3) is 5.91 Å².